The Morgan fingerprint density at radius 1 is 1.25 bits per heavy atom. The summed E-state index contributed by atoms with van der Waals surface area (Å²) in [6, 6.07) is 7.60. The van der Waals surface area contributed by atoms with Crippen molar-refractivity contribution >= 4 is 17.7 Å². The second-order valence-electron chi connectivity index (χ2n) is 6.65. The van der Waals surface area contributed by atoms with Gasteiger partial charge in [0.15, 0.2) is 5.96 Å². The Morgan fingerprint density at radius 2 is 2.04 bits per heavy atom. The van der Waals surface area contributed by atoms with Crippen molar-refractivity contribution in [2.75, 3.05) is 59.0 Å². The lowest BCUT2D eigenvalue weighted by atomic mass is 10.1. The summed E-state index contributed by atoms with van der Waals surface area (Å²) in [5, 5.41) is 6.02. The molecule has 0 bridgehead atoms. The Labute approximate surface area is 167 Å². The molecule has 0 aliphatic carbocycles. The van der Waals surface area contributed by atoms with E-state index in [2.05, 4.69) is 27.2 Å². The maximum Gasteiger partial charge on any atom is 0.411 e. The Balaban J connectivity index is 1.87. The molecule has 0 saturated carbocycles. The van der Waals surface area contributed by atoms with Gasteiger partial charge < -0.3 is 24.4 Å². The minimum Gasteiger partial charge on any atom is -0.453 e. The van der Waals surface area contributed by atoms with Gasteiger partial charge in [0.05, 0.1) is 33.5 Å². The third-order valence-corrected chi connectivity index (χ3v) is 4.50. The van der Waals surface area contributed by atoms with E-state index in [0.29, 0.717) is 31.4 Å². The van der Waals surface area contributed by atoms with Crippen LogP contribution in [0.15, 0.2) is 29.3 Å². The lowest BCUT2D eigenvalue weighted by Crippen LogP contribution is -2.40. The van der Waals surface area contributed by atoms with E-state index >= 15 is 0 Å². The zero-order valence-corrected chi connectivity index (χ0v) is 17.1. The summed E-state index contributed by atoms with van der Waals surface area (Å²) in [5.41, 5.74) is 1.77. The highest BCUT2D eigenvalue weighted by Crippen LogP contribution is 2.17. The molecule has 8 nitrogen and oxygen atoms in total. The minimum absolute atomic E-state index is 0.477. The molecular weight excluding hydrogens is 360 g/mol. The van der Waals surface area contributed by atoms with Gasteiger partial charge in [0.2, 0.25) is 0 Å². The molecule has 1 aromatic rings. The maximum absolute atomic E-state index is 11.2. The third-order valence-electron chi connectivity index (χ3n) is 4.50. The van der Waals surface area contributed by atoms with Crippen molar-refractivity contribution in [3.05, 3.63) is 29.8 Å². The van der Waals surface area contributed by atoms with Crippen molar-refractivity contribution in [3.63, 3.8) is 0 Å². The zero-order chi connectivity index (χ0) is 20.2. The molecule has 2 N–H and O–H groups in total. The molecule has 28 heavy (non-hydrogen) atoms. The van der Waals surface area contributed by atoms with E-state index in [1.54, 1.807) is 7.11 Å². The molecule has 8 heteroatoms. The molecule has 1 aliphatic heterocycles. The minimum atomic E-state index is -0.477. The monoisotopic (exact) mass is 392 g/mol. The zero-order valence-electron chi connectivity index (χ0n) is 17.1. The quantitative estimate of drug-likeness (QED) is 0.381. The van der Waals surface area contributed by atoms with Crippen molar-refractivity contribution in [1.82, 2.24) is 10.2 Å². The number of anilines is 1. The van der Waals surface area contributed by atoms with E-state index in [1.807, 2.05) is 24.3 Å². The van der Waals surface area contributed by atoms with E-state index < -0.39 is 6.09 Å². The second-order valence-corrected chi connectivity index (χ2v) is 6.65. The number of likely N-dealkylation sites (tertiary alicyclic amines) is 1. The topological polar surface area (TPSA) is 84.4 Å². The van der Waals surface area contributed by atoms with Crippen LogP contribution in [0.2, 0.25) is 0 Å². The van der Waals surface area contributed by atoms with E-state index in [-0.39, 0.29) is 0 Å². The number of methoxy groups -OCH3 is 2. The van der Waals surface area contributed by atoms with Gasteiger partial charge in [0.1, 0.15) is 0 Å². The van der Waals surface area contributed by atoms with Gasteiger partial charge in [0, 0.05) is 38.3 Å². The van der Waals surface area contributed by atoms with Crippen LogP contribution in [0.25, 0.3) is 0 Å². The molecule has 0 aromatic heterocycles. The molecular formula is C20H32N4O4. The summed E-state index contributed by atoms with van der Waals surface area (Å²) >= 11 is 0. The molecule has 0 radical (unpaired) electrons. The second kappa shape index (κ2) is 12.2. The van der Waals surface area contributed by atoms with Crippen LogP contribution >= 0.6 is 0 Å². The van der Waals surface area contributed by atoms with Crippen LogP contribution in [0, 0.1) is 5.92 Å². The van der Waals surface area contributed by atoms with Gasteiger partial charge in [-0.2, -0.15) is 0 Å². The Hall–Kier alpha value is -2.32. The molecule has 1 fully saturated rings. The predicted octanol–water partition coefficient (Wildman–Crippen LogP) is 2.32. The number of nitrogens with zero attached hydrogens (tertiary/aromatic N) is 2. The highest BCUT2D eigenvalue weighted by Gasteiger charge is 2.24. The van der Waals surface area contributed by atoms with E-state index in [1.165, 1.54) is 7.11 Å². The summed E-state index contributed by atoms with van der Waals surface area (Å²) in [5.74, 6) is 1.45. The molecule has 1 aromatic carbocycles. The number of benzene rings is 1. The normalized spacial score (nSPS) is 16.9. The Morgan fingerprint density at radius 3 is 2.71 bits per heavy atom. The standard InChI is InChI=1S/C20H32N4O4/c1-4-21-19(24-10-9-17(14-24)15-28-12-11-26-2)22-13-16-5-7-18(8-6-16)23-20(25)27-3/h5-8,17H,4,9-15H2,1-3H3,(H,21,22)(H,23,25). The number of carbonyl (C=O) groups excluding carboxylic acids is 1. The van der Waals surface area contributed by atoms with Crippen LogP contribution in [-0.4, -0.2) is 70.6 Å². The fourth-order valence-electron chi connectivity index (χ4n) is 3.01. The predicted molar refractivity (Wildman–Crippen MR) is 110 cm³/mol. The van der Waals surface area contributed by atoms with Gasteiger partial charge in [-0.1, -0.05) is 12.1 Å². The first-order valence-corrected chi connectivity index (χ1v) is 9.70. The van der Waals surface area contributed by atoms with Gasteiger partial charge in [-0.3, -0.25) is 5.32 Å². The van der Waals surface area contributed by atoms with Crippen LogP contribution in [0.4, 0.5) is 10.5 Å². The van der Waals surface area contributed by atoms with Crippen LogP contribution in [0.5, 0.6) is 0 Å². The summed E-state index contributed by atoms with van der Waals surface area (Å²) in [6.45, 7) is 7.43. The third kappa shape index (κ3) is 7.36. The molecule has 1 unspecified atom stereocenters. The molecule has 1 aliphatic rings. The van der Waals surface area contributed by atoms with Gasteiger partial charge in [-0.15, -0.1) is 0 Å². The fraction of sp³-hybridized carbons (Fsp3) is 0.600. The highest BCUT2D eigenvalue weighted by atomic mass is 16.5. The number of hydrogen-bond donors (Lipinski definition) is 2. The smallest absolute Gasteiger partial charge is 0.411 e. The van der Waals surface area contributed by atoms with Gasteiger partial charge >= 0.3 is 6.09 Å². The number of rotatable bonds is 9. The summed E-state index contributed by atoms with van der Waals surface area (Å²) < 4.78 is 15.3. The molecule has 1 heterocycles. The van der Waals surface area contributed by atoms with Crippen molar-refractivity contribution in [1.29, 1.82) is 0 Å². The van der Waals surface area contributed by atoms with E-state index in [4.69, 9.17) is 14.5 Å². The first-order valence-electron chi connectivity index (χ1n) is 9.70. The number of carbonyl (C=O) groups is 1. The van der Waals surface area contributed by atoms with Gasteiger partial charge in [0.25, 0.3) is 0 Å². The van der Waals surface area contributed by atoms with Crippen LogP contribution in [-0.2, 0) is 20.8 Å². The molecule has 1 atom stereocenters. The average Bonchev–Trinajstić information content (AvgIpc) is 3.18. The van der Waals surface area contributed by atoms with Crippen LogP contribution in [0.3, 0.4) is 0 Å². The first-order chi connectivity index (χ1) is 13.7. The molecule has 1 saturated heterocycles. The molecule has 2 rings (SSSR count). The van der Waals surface area contributed by atoms with Crippen molar-refractivity contribution in [2.24, 2.45) is 10.9 Å². The summed E-state index contributed by atoms with van der Waals surface area (Å²) in [4.78, 5) is 18.3. The van der Waals surface area contributed by atoms with Crippen LogP contribution in [0.1, 0.15) is 18.9 Å². The molecule has 156 valence electrons. The van der Waals surface area contributed by atoms with Gasteiger partial charge in [-0.05, 0) is 31.0 Å². The number of amides is 1. The van der Waals surface area contributed by atoms with Crippen molar-refractivity contribution < 1.29 is 19.0 Å². The number of aliphatic imine (C=N–C) groups is 1. The largest absolute Gasteiger partial charge is 0.453 e. The van der Waals surface area contributed by atoms with Crippen molar-refractivity contribution in [3.8, 4) is 0 Å². The lowest BCUT2D eigenvalue weighted by molar-refractivity contribution is 0.0536. The summed E-state index contributed by atoms with van der Waals surface area (Å²) in [6.07, 6.45) is 0.626. The number of hydrogen-bond acceptors (Lipinski definition) is 5. The number of nitrogens with one attached hydrogen (secondary N) is 2. The molecule has 0 spiro atoms. The Kier molecular flexibility index (Phi) is 9.57. The molecule has 1 amide bonds. The highest BCUT2D eigenvalue weighted by molar-refractivity contribution is 5.84. The summed E-state index contributed by atoms with van der Waals surface area (Å²) in [7, 11) is 3.03. The lowest BCUT2D eigenvalue weighted by Gasteiger charge is -2.21. The first kappa shape index (κ1) is 22.0. The van der Waals surface area contributed by atoms with E-state index in [0.717, 1.165) is 44.2 Å². The SMILES string of the molecule is CCNC(=NCc1ccc(NC(=O)OC)cc1)N1CCC(COCCOC)C1. The Bertz CT molecular complexity index is 621. The number of ether oxygens (including phenoxy) is 3. The maximum atomic E-state index is 11.2. The number of guanidine groups is 1. The average molecular weight is 393 g/mol. The fourth-order valence-corrected chi connectivity index (χ4v) is 3.01. The van der Waals surface area contributed by atoms with Crippen molar-refractivity contribution in [2.45, 2.75) is 19.9 Å². The van der Waals surface area contributed by atoms with E-state index in [9.17, 15) is 4.79 Å². The van der Waals surface area contributed by atoms with Gasteiger partial charge in [-0.25, -0.2) is 9.79 Å². The van der Waals surface area contributed by atoms with Crippen LogP contribution < -0.4 is 10.6 Å².